The van der Waals surface area contributed by atoms with Crippen molar-refractivity contribution in [2.24, 2.45) is 5.92 Å². The smallest absolute Gasteiger partial charge is 0.256 e. The van der Waals surface area contributed by atoms with Gasteiger partial charge >= 0.3 is 0 Å². The maximum atomic E-state index is 13.7. The highest BCUT2D eigenvalue weighted by Crippen LogP contribution is 2.37. The van der Waals surface area contributed by atoms with Crippen LogP contribution in [0.25, 0.3) is 5.69 Å². The van der Waals surface area contributed by atoms with Crippen LogP contribution in [0.4, 0.5) is 5.82 Å². The first kappa shape index (κ1) is 20.2. The molecule has 1 aromatic carbocycles. The number of likely N-dealkylation sites (tertiary alicyclic amines) is 1. The summed E-state index contributed by atoms with van der Waals surface area (Å²) in [5, 5.41) is 27.7. The van der Waals surface area contributed by atoms with E-state index in [1.54, 1.807) is 41.7 Å². The zero-order valence-electron chi connectivity index (χ0n) is 17.4. The minimum Gasteiger partial charge on any atom is -0.394 e. The molecule has 162 valence electrons. The van der Waals surface area contributed by atoms with Crippen molar-refractivity contribution >= 4 is 11.7 Å². The lowest BCUT2D eigenvalue weighted by molar-refractivity contribution is 0.0393. The van der Waals surface area contributed by atoms with Crippen LogP contribution in [0, 0.1) is 17.2 Å². The van der Waals surface area contributed by atoms with Crippen LogP contribution in [0.2, 0.25) is 0 Å². The largest absolute Gasteiger partial charge is 0.394 e. The predicted molar refractivity (Wildman–Crippen MR) is 116 cm³/mol. The van der Waals surface area contributed by atoms with E-state index in [2.05, 4.69) is 26.2 Å². The van der Waals surface area contributed by atoms with Crippen molar-refractivity contribution in [3.05, 3.63) is 66.1 Å². The molecule has 0 bridgehead atoms. The highest BCUT2D eigenvalue weighted by Gasteiger charge is 2.44. The number of aromatic nitrogens is 4. The quantitative estimate of drug-likeness (QED) is 0.671. The predicted octanol–water partition coefficient (Wildman–Crippen LogP) is 1.64. The highest BCUT2D eigenvalue weighted by atomic mass is 16.3. The number of piperidine rings is 1. The summed E-state index contributed by atoms with van der Waals surface area (Å²) in [6.45, 7) is 1.21. The molecule has 2 aliphatic rings. The van der Waals surface area contributed by atoms with Gasteiger partial charge in [-0.1, -0.05) is 12.1 Å². The highest BCUT2D eigenvalue weighted by molar-refractivity contribution is 5.98. The van der Waals surface area contributed by atoms with E-state index in [0.717, 1.165) is 25.2 Å². The Morgan fingerprint density at radius 3 is 2.78 bits per heavy atom. The lowest BCUT2D eigenvalue weighted by Gasteiger charge is -2.43. The third kappa shape index (κ3) is 3.48. The Hall–Kier alpha value is -3.77. The van der Waals surface area contributed by atoms with E-state index in [9.17, 15) is 15.2 Å². The number of aliphatic hydroxyl groups is 1. The number of benzene rings is 1. The number of pyridine rings is 1. The molecule has 0 saturated carbocycles. The Kier molecular flexibility index (Phi) is 5.29. The molecule has 4 heterocycles. The first-order valence-electron chi connectivity index (χ1n) is 10.7. The SMILES string of the molecule is N#Cc1ccnc(N2CC[C@@H]3C[C@@H](CO)N(C(=O)c4ccccc4-n4nccn4)C[C@@H]32)c1. The van der Waals surface area contributed by atoms with Crippen molar-refractivity contribution in [3.8, 4) is 11.8 Å². The zero-order chi connectivity index (χ0) is 22.1. The van der Waals surface area contributed by atoms with Crippen molar-refractivity contribution in [3.63, 3.8) is 0 Å². The lowest BCUT2D eigenvalue weighted by atomic mass is 9.86. The zero-order valence-corrected chi connectivity index (χ0v) is 17.4. The van der Waals surface area contributed by atoms with Crippen LogP contribution in [0.1, 0.15) is 28.8 Å². The third-order valence-electron chi connectivity index (χ3n) is 6.49. The summed E-state index contributed by atoms with van der Waals surface area (Å²) in [5.41, 5.74) is 1.67. The number of hydrogen-bond acceptors (Lipinski definition) is 7. The molecule has 0 unspecified atom stereocenters. The van der Waals surface area contributed by atoms with E-state index in [0.29, 0.717) is 29.3 Å². The fraction of sp³-hybridized carbons (Fsp3) is 0.348. The van der Waals surface area contributed by atoms with Gasteiger partial charge in [-0.05, 0) is 43.0 Å². The molecule has 32 heavy (non-hydrogen) atoms. The topological polar surface area (TPSA) is 111 Å². The molecule has 1 N–H and O–H groups in total. The van der Waals surface area contributed by atoms with Crippen molar-refractivity contribution in [1.29, 1.82) is 5.26 Å². The Bertz CT molecular complexity index is 1160. The molecule has 9 heteroatoms. The number of nitriles is 1. The summed E-state index contributed by atoms with van der Waals surface area (Å²) in [6, 6.07) is 12.7. The van der Waals surface area contributed by atoms with Crippen LogP contribution >= 0.6 is 0 Å². The maximum Gasteiger partial charge on any atom is 0.256 e. The van der Waals surface area contributed by atoms with Gasteiger partial charge in [0.05, 0.1) is 54.0 Å². The van der Waals surface area contributed by atoms with Gasteiger partial charge in [0, 0.05) is 19.3 Å². The standard InChI is InChI=1S/C23H23N7O2/c24-13-16-5-7-25-22(11-16)28-10-6-17-12-18(15-31)29(14-21(17)28)23(32)19-3-1-2-4-20(19)30-26-8-9-27-30/h1-5,7-9,11,17-18,21,31H,6,10,12,14-15H2/t17-,18+,21+/m1/s1. The molecule has 0 spiro atoms. The Morgan fingerprint density at radius 2 is 2.00 bits per heavy atom. The van der Waals surface area contributed by atoms with Crippen LogP contribution in [-0.2, 0) is 0 Å². The van der Waals surface area contributed by atoms with Crippen molar-refractivity contribution in [2.75, 3.05) is 24.6 Å². The molecule has 9 nitrogen and oxygen atoms in total. The van der Waals surface area contributed by atoms with Gasteiger partial charge in [-0.3, -0.25) is 4.79 Å². The number of anilines is 1. The van der Waals surface area contributed by atoms with Gasteiger partial charge in [-0.25, -0.2) is 4.98 Å². The fourth-order valence-electron chi connectivity index (χ4n) is 4.94. The van der Waals surface area contributed by atoms with Crippen LogP contribution in [0.5, 0.6) is 0 Å². The Labute approximate surface area is 185 Å². The molecular weight excluding hydrogens is 406 g/mol. The van der Waals surface area contributed by atoms with Crippen LogP contribution in [0.3, 0.4) is 0 Å². The average molecular weight is 429 g/mol. The molecule has 3 atom stereocenters. The van der Waals surface area contributed by atoms with Gasteiger partial charge in [0.2, 0.25) is 0 Å². The molecular formula is C23H23N7O2. The number of hydrogen-bond donors (Lipinski definition) is 1. The molecule has 3 aromatic rings. The minimum atomic E-state index is -0.249. The van der Waals surface area contributed by atoms with Gasteiger partial charge in [0.25, 0.3) is 5.91 Å². The second-order valence-corrected chi connectivity index (χ2v) is 8.19. The molecule has 1 amide bonds. The third-order valence-corrected chi connectivity index (χ3v) is 6.49. The summed E-state index contributed by atoms with van der Waals surface area (Å²) in [7, 11) is 0. The van der Waals surface area contributed by atoms with Gasteiger partial charge in [0.1, 0.15) is 5.82 Å². The van der Waals surface area contributed by atoms with Crippen molar-refractivity contribution < 1.29 is 9.90 Å². The van der Waals surface area contributed by atoms with E-state index in [1.807, 2.05) is 18.2 Å². The minimum absolute atomic E-state index is 0.0817. The monoisotopic (exact) mass is 429 g/mol. The Morgan fingerprint density at radius 1 is 1.19 bits per heavy atom. The van der Waals surface area contributed by atoms with Crippen molar-refractivity contribution in [2.45, 2.75) is 24.9 Å². The van der Waals surface area contributed by atoms with E-state index < -0.39 is 0 Å². The summed E-state index contributed by atoms with van der Waals surface area (Å²) in [5.74, 6) is 0.959. The summed E-state index contributed by atoms with van der Waals surface area (Å²) in [6.07, 6.45) is 6.49. The summed E-state index contributed by atoms with van der Waals surface area (Å²) >= 11 is 0. The van der Waals surface area contributed by atoms with Crippen LogP contribution in [-0.4, -0.2) is 67.7 Å². The number of fused-ring (bicyclic) bond motifs is 1. The summed E-state index contributed by atoms with van der Waals surface area (Å²) < 4.78 is 0. The molecule has 0 radical (unpaired) electrons. The van der Waals surface area contributed by atoms with Gasteiger partial charge < -0.3 is 14.9 Å². The molecule has 0 aliphatic carbocycles. The van der Waals surface area contributed by atoms with E-state index >= 15 is 0 Å². The molecule has 5 rings (SSSR count). The lowest BCUT2D eigenvalue weighted by Crippen LogP contribution is -2.56. The van der Waals surface area contributed by atoms with E-state index in [4.69, 9.17) is 0 Å². The molecule has 2 aliphatic heterocycles. The molecule has 2 saturated heterocycles. The van der Waals surface area contributed by atoms with Gasteiger partial charge in [0.15, 0.2) is 0 Å². The summed E-state index contributed by atoms with van der Waals surface area (Å²) in [4.78, 5) is 23.6. The number of para-hydroxylation sites is 1. The molecule has 2 fully saturated rings. The first-order chi connectivity index (χ1) is 15.7. The normalized spacial score (nSPS) is 22.4. The number of rotatable bonds is 4. The second kappa shape index (κ2) is 8.40. The number of nitrogens with zero attached hydrogens (tertiary/aromatic N) is 7. The van der Waals surface area contributed by atoms with Crippen molar-refractivity contribution in [1.82, 2.24) is 24.9 Å². The van der Waals surface area contributed by atoms with Gasteiger partial charge in [-0.2, -0.15) is 20.3 Å². The Balaban J connectivity index is 1.46. The average Bonchev–Trinajstić information content (AvgIpc) is 3.53. The number of carbonyl (C=O) groups excluding carboxylic acids is 1. The maximum absolute atomic E-state index is 13.7. The van der Waals surface area contributed by atoms with E-state index in [1.165, 1.54) is 4.80 Å². The van der Waals surface area contributed by atoms with E-state index in [-0.39, 0.29) is 24.6 Å². The first-order valence-corrected chi connectivity index (χ1v) is 10.7. The van der Waals surface area contributed by atoms with Crippen LogP contribution < -0.4 is 4.90 Å². The second-order valence-electron chi connectivity index (χ2n) is 8.19. The number of amides is 1. The fourth-order valence-corrected chi connectivity index (χ4v) is 4.94. The van der Waals surface area contributed by atoms with Crippen LogP contribution in [0.15, 0.2) is 55.0 Å². The number of carbonyl (C=O) groups is 1. The number of aliphatic hydroxyl groups excluding tert-OH is 1. The molecule has 2 aromatic heterocycles. The van der Waals surface area contributed by atoms with Gasteiger partial charge in [-0.15, -0.1) is 0 Å².